The zero-order valence-corrected chi connectivity index (χ0v) is 10.9. The SMILES string of the molecule is CCn1cc(C(O)c2ccc(Br)c(F)c2)cn1. The van der Waals surface area contributed by atoms with Gasteiger partial charge in [-0.1, -0.05) is 6.07 Å². The molecule has 0 radical (unpaired) electrons. The van der Waals surface area contributed by atoms with Crippen molar-refractivity contribution in [2.24, 2.45) is 0 Å². The van der Waals surface area contributed by atoms with E-state index in [-0.39, 0.29) is 5.82 Å². The van der Waals surface area contributed by atoms with E-state index in [1.54, 1.807) is 29.2 Å². The maximum absolute atomic E-state index is 13.3. The summed E-state index contributed by atoms with van der Waals surface area (Å²) >= 11 is 3.08. The zero-order valence-electron chi connectivity index (χ0n) is 9.27. The van der Waals surface area contributed by atoms with Crippen molar-refractivity contribution in [3.05, 3.63) is 52.0 Å². The number of aliphatic hydroxyl groups is 1. The third-order valence-electron chi connectivity index (χ3n) is 2.55. The van der Waals surface area contributed by atoms with Crippen LogP contribution in [-0.2, 0) is 6.54 Å². The first-order valence-corrected chi connectivity index (χ1v) is 6.06. The van der Waals surface area contributed by atoms with Crippen LogP contribution in [0.3, 0.4) is 0 Å². The van der Waals surface area contributed by atoms with Gasteiger partial charge in [-0.3, -0.25) is 4.68 Å². The molecule has 2 aromatic rings. The number of halogens is 2. The minimum Gasteiger partial charge on any atom is -0.384 e. The van der Waals surface area contributed by atoms with Gasteiger partial charge in [-0.2, -0.15) is 5.10 Å². The lowest BCUT2D eigenvalue weighted by atomic mass is 10.0. The van der Waals surface area contributed by atoms with Crippen LogP contribution in [0.1, 0.15) is 24.2 Å². The highest BCUT2D eigenvalue weighted by Crippen LogP contribution is 2.25. The van der Waals surface area contributed by atoms with Gasteiger partial charge in [-0.15, -0.1) is 0 Å². The quantitative estimate of drug-likeness (QED) is 0.946. The van der Waals surface area contributed by atoms with Gasteiger partial charge < -0.3 is 5.11 Å². The lowest BCUT2D eigenvalue weighted by molar-refractivity contribution is 0.219. The monoisotopic (exact) mass is 298 g/mol. The average Bonchev–Trinajstić information content (AvgIpc) is 2.80. The second-order valence-corrected chi connectivity index (χ2v) is 4.56. The Balaban J connectivity index is 2.29. The highest BCUT2D eigenvalue weighted by molar-refractivity contribution is 9.10. The molecule has 0 amide bonds. The molecule has 0 aliphatic rings. The number of nitrogens with zero attached hydrogens (tertiary/aromatic N) is 2. The van der Waals surface area contributed by atoms with Gasteiger partial charge in [0, 0.05) is 18.3 Å². The van der Waals surface area contributed by atoms with Crippen molar-refractivity contribution < 1.29 is 9.50 Å². The Morgan fingerprint density at radius 3 is 2.82 bits per heavy atom. The Kier molecular flexibility index (Phi) is 3.59. The lowest BCUT2D eigenvalue weighted by Gasteiger charge is -2.09. The largest absolute Gasteiger partial charge is 0.384 e. The van der Waals surface area contributed by atoms with E-state index >= 15 is 0 Å². The van der Waals surface area contributed by atoms with Crippen LogP contribution in [0, 0.1) is 5.82 Å². The van der Waals surface area contributed by atoms with Crippen LogP contribution in [0.5, 0.6) is 0 Å². The molecule has 1 heterocycles. The minimum atomic E-state index is -0.849. The standard InChI is InChI=1S/C12H12BrFN2O/c1-2-16-7-9(6-15-16)12(17)8-3-4-10(13)11(14)5-8/h3-7,12,17H,2H2,1H3. The minimum absolute atomic E-state index is 0.385. The Morgan fingerprint density at radius 2 is 2.24 bits per heavy atom. The van der Waals surface area contributed by atoms with Gasteiger partial charge in [-0.25, -0.2) is 4.39 Å². The number of aliphatic hydroxyl groups excluding tert-OH is 1. The van der Waals surface area contributed by atoms with Gasteiger partial charge >= 0.3 is 0 Å². The number of aryl methyl sites for hydroxylation is 1. The third-order valence-corrected chi connectivity index (χ3v) is 3.20. The fourth-order valence-corrected chi connectivity index (χ4v) is 1.82. The summed E-state index contributed by atoms with van der Waals surface area (Å²) in [4.78, 5) is 0. The van der Waals surface area contributed by atoms with E-state index in [1.807, 2.05) is 6.92 Å². The Hall–Kier alpha value is -1.20. The number of aromatic nitrogens is 2. The van der Waals surface area contributed by atoms with Gasteiger partial charge in [0.05, 0.1) is 10.7 Å². The molecule has 0 spiro atoms. The van der Waals surface area contributed by atoms with Crippen molar-refractivity contribution in [3.8, 4) is 0 Å². The maximum Gasteiger partial charge on any atom is 0.137 e. The topological polar surface area (TPSA) is 38.0 Å². The van der Waals surface area contributed by atoms with Crippen LogP contribution < -0.4 is 0 Å². The fourth-order valence-electron chi connectivity index (χ4n) is 1.57. The summed E-state index contributed by atoms with van der Waals surface area (Å²) in [5, 5.41) is 14.2. The van der Waals surface area contributed by atoms with E-state index in [0.29, 0.717) is 15.6 Å². The summed E-state index contributed by atoms with van der Waals surface area (Å²) in [6.45, 7) is 2.70. The van der Waals surface area contributed by atoms with Crippen LogP contribution in [0.25, 0.3) is 0 Å². The summed E-state index contributed by atoms with van der Waals surface area (Å²) in [6.07, 6.45) is 2.50. The van der Waals surface area contributed by atoms with Gasteiger partial charge in [0.25, 0.3) is 0 Å². The molecule has 3 nitrogen and oxygen atoms in total. The molecule has 0 aliphatic carbocycles. The van der Waals surface area contributed by atoms with Crippen LogP contribution in [0.15, 0.2) is 35.1 Å². The van der Waals surface area contributed by atoms with Crippen LogP contribution in [0.4, 0.5) is 4.39 Å². The molecule has 1 aromatic carbocycles. The predicted molar refractivity (Wildman–Crippen MR) is 66.1 cm³/mol. The Labute approximate surface area is 107 Å². The molecule has 0 aliphatic heterocycles. The molecule has 2 rings (SSSR count). The molecule has 0 saturated carbocycles. The summed E-state index contributed by atoms with van der Waals surface area (Å²) < 4.78 is 15.5. The molecule has 1 unspecified atom stereocenters. The van der Waals surface area contributed by atoms with Gasteiger partial charge in [-0.05, 0) is 40.5 Å². The average molecular weight is 299 g/mol. The van der Waals surface area contributed by atoms with Gasteiger partial charge in [0.2, 0.25) is 0 Å². The first-order chi connectivity index (χ1) is 8.11. The number of rotatable bonds is 3. The van der Waals surface area contributed by atoms with Crippen molar-refractivity contribution in [2.75, 3.05) is 0 Å². The molecular weight excluding hydrogens is 287 g/mol. The zero-order chi connectivity index (χ0) is 12.4. The predicted octanol–water partition coefficient (Wildman–Crippen LogP) is 2.89. The van der Waals surface area contributed by atoms with E-state index < -0.39 is 6.10 Å². The number of hydrogen-bond acceptors (Lipinski definition) is 2. The molecule has 1 aromatic heterocycles. The Morgan fingerprint density at radius 1 is 1.47 bits per heavy atom. The van der Waals surface area contributed by atoms with Crippen molar-refractivity contribution in [2.45, 2.75) is 19.6 Å². The van der Waals surface area contributed by atoms with Crippen LogP contribution in [0.2, 0.25) is 0 Å². The summed E-state index contributed by atoms with van der Waals surface area (Å²) in [6, 6.07) is 4.58. The molecule has 17 heavy (non-hydrogen) atoms. The van der Waals surface area contributed by atoms with Gasteiger partial charge in [0.1, 0.15) is 11.9 Å². The van der Waals surface area contributed by atoms with Crippen LogP contribution >= 0.6 is 15.9 Å². The normalized spacial score (nSPS) is 12.7. The van der Waals surface area contributed by atoms with E-state index in [9.17, 15) is 9.50 Å². The summed E-state index contributed by atoms with van der Waals surface area (Å²) in [5.74, 6) is -0.385. The molecule has 5 heteroatoms. The van der Waals surface area contributed by atoms with Gasteiger partial charge in [0.15, 0.2) is 0 Å². The Bertz CT molecular complexity index is 527. The first-order valence-electron chi connectivity index (χ1n) is 5.27. The number of hydrogen-bond donors (Lipinski definition) is 1. The smallest absolute Gasteiger partial charge is 0.137 e. The number of benzene rings is 1. The molecule has 0 fully saturated rings. The third kappa shape index (κ3) is 2.56. The molecular formula is C12H12BrFN2O. The van der Waals surface area contributed by atoms with E-state index in [0.717, 1.165) is 6.54 Å². The molecule has 1 N–H and O–H groups in total. The highest BCUT2D eigenvalue weighted by atomic mass is 79.9. The van der Waals surface area contributed by atoms with Crippen molar-refractivity contribution in [3.63, 3.8) is 0 Å². The van der Waals surface area contributed by atoms with E-state index in [4.69, 9.17) is 0 Å². The second-order valence-electron chi connectivity index (χ2n) is 3.71. The summed E-state index contributed by atoms with van der Waals surface area (Å²) in [5.41, 5.74) is 1.18. The highest BCUT2D eigenvalue weighted by Gasteiger charge is 2.14. The summed E-state index contributed by atoms with van der Waals surface area (Å²) in [7, 11) is 0. The molecule has 1 atom stereocenters. The van der Waals surface area contributed by atoms with Crippen molar-refractivity contribution in [1.82, 2.24) is 9.78 Å². The molecule has 0 bridgehead atoms. The second kappa shape index (κ2) is 4.98. The van der Waals surface area contributed by atoms with E-state index in [1.165, 1.54) is 6.07 Å². The van der Waals surface area contributed by atoms with Crippen molar-refractivity contribution in [1.29, 1.82) is 0 Å². The maximum atomic E-state index is 13.3. The van der Waals surface area contributed by atoms with Crippen molar-refractivity contribution >= 4 is 15.9 Å². The van der Waals surface area contributed by atoms with Crippen LogP contribution in [-0.4, -0.2) is 14.9 Å². The van der Waals surface area contributed by atoms with E-state index in [2.05, 4.69) is 21.0 Å². The molecule has 0 saturated heterocycles. The lowest BCUT2D eigenvalue weighted by Crippen LogP contribution is -1.99. The molecule has 90 valence electrons. The fraction of sp³-hybridized carbons (Fsp3) is 0.250. The first kappa shape index (κ1) is 12.3.